The van der Waals surface area contributed by atoms with E-state index < -0.39 is 20.6 Å². The summed E-state index contributed by atoms with van der Waals surface area (Å²) in [6, 6.07) is 8.15. The molecule has 2 amide bonds. The molecule has 11 nitrogen and oxygen atoms in total. The van der Waals surface area contributed by atoms with Gasteiger partial charge >= 0.3 is 6.03 Å². The number of sulfone groups is 1. The Hall–Kier alpha value is -3.13. The topological polar surface area (TPSA) is 147 Å². The second-order valence-corrected chi connectivity index (χ2v) is 13.7. The largest absolute Gasteiger partial charge is 0.394 e. The Morgan fingerprint density at radius 3 is 2.60 bits per heavy atom. The van der Waals surface area contributed by atoms with E-state index in [1.54, 1.807) is 43.5 Å². The lowest BCUT2D eigenvalue weighted by Crippen LogP contribution is -2.46. The number of rotatable bonds is 8. The van der Waals surface area contributed by atoms with E-state index >= 15 is 0 Å². The van der Waals surface area contributed by atoms with Gasteiger partial charge in [0.15, 0.2) is 5.82 Å². The van der Waals surface area contributed by atoms with Crippen LogP contribution in [0.1, 0.15) is 44.5 Å². The second-order valence-electron chi connectivity index (χ2n) is 10.4. The van der Waals surface area contributed by atoms with Gasteiger partial charge in [-0.2, -0.15) is 0 Å². The zero-order chi connectivity index (χ0) is 28.5. The molecule has 0 bridgehead atoms. The van der Waals surface area contributed by atoms with Crippen molar-refractivity contribution in [3.8, 4) is 11.4 Å². The number of benzene rings is 1. The van der Waals surface area contributed by atoms with Gasteiger partial charge in [0.25, 0.3) is 0 Å². The summed E-state index contributed by atoms with van der Waals surface area (Å²) in [6.45, 7) is 7.11. The molecule has 1 saturated carbocycles. The number of anilines is 2. The quantitative estimate of drug-likeness (QED) is 0.361. The molecule has 0 spiro atoms. The molecule has 3 N–H and O–H groups in total. The molecule has 2 atom stereocenters. The van der Waals surface area contributed by atoms with Crippen LogP contribution in [0.2, 0.25) is 0 Å². The third-order valence-corrected chi connectivity index (χ3v) is 11.3. The fraction of sp³-hybridized carbons (Fsp3) is 0.481. The average molecular weight is 587 g/mol. The molecule has 2 aromatic heterocycles. The number of aryl methyl sites for hydroxylation is 1. The van der Waals surface area contributed by atoms with E-state index in [0.29, 0.717) is 66.9 Å². The highest BCUT2D eigenvalue weighted by Crippen LogP contribution is 2.51. The zero-order valence-corrected chi connectivity index (χ0v) is 24.4. The van der Waals surface area contributed by atoms with Crippen LogP contribution in [0.5, 0.6) is 0 Å². The van der Waals surface area contributed by atoms with Gasteiger partial charge in [-0.15, -0.1) is 11.3 Å². The van der Waals surface area contributed by atoms with Crippen molar-refractivity contribution in [3.05, 3.63) is 47.1 Å². The number of ether oxygens (including phenoxy) is 1. The molecule has 5 rings (SSSR count). The summed E-state index contributed by atoms with van der Waals surface area (Å²) in [5.74, 6) is 1.07. The van der Waals surface area contributed by atoms with Gasteiger partial charge in [0.2, 0.25) is 14.2 Å². The number of aliphatic hydroxyl groups excluding tert-OH is 1. The maximum Gasteiger partial charge on any atom is 0.319 e. The van der Waals surface area contributed by atoms with Crippen molar-refractivity contribution in [1.29, 1.82) is 0 Å². The number of carbonyl (C=O) groups is 1. The molecule has 3 heterocycles. The lowest BCUT2D eigenvalue weighted by Gasteiger charge is -2.41. The maximum absolute atomic E-state index is 14.0. The summed E-state index contributed by atoms with van der Waals surface area (Å²) in [7, 11) is -3.79. The van der Waals surface area contributed by atoms with Gasteiger partial charge in [0, 0.05) is 34.9 Å². The number of nitrogens with zero attached hydrogens (tertiary/aromatic N) is 4. The Morgan fingerprint density at radius 2 is 2.00 bits per heavy atom. The number of urea groups is 1. The van der Waals surface area contributed by atoms with E-state index in [2.05, 4.69) is 27.4 Å². The van der Waals surface area contributed by atoms with Gasteiger partial charge in [0.1, 0.15) is 10.6 Å². The van der Waals surface area contributed by atoms with Crippen LogP contribution in [0, 0.1) is 6.92 Å². The van der Waals surface area contributed by atoms with Gasteiger partial charge in [-0.1, -0.05) is 0 Å². The van der Waals surface area contributed by atoms with Gasteiger partial charge < -0.3 is 25.4 Å². The number of aliphatic hydroxyl groups is 1. The summed E-state index contributed by atoms with van der Waals surface area (Å²) >= 11 is 1.15. The van der Waals surface area contributed by atoms with Gasteiger partial charge in [-0.05, 0) is 64.3 Å². The van der Waals surface area contributed by atoms with Gasteiger partial charge in [-0.3, -0.25) is 0 Å². The van der Waals surface area contributed by atoms with Gasteiger partial charge in [0.05, 0.1) is 37.6 Å². The van der Waals surface area contributed by atoms with Crippen molar-refractivity contribution in [1.82, 2.24) is 20.3 Å². The number of nitrogens with one attached hydrogen (secondary N) is 2. The van der Waals surface area contributed by atoms with E-state index in [1.807, 2.05) is 6.07 Å². The second kappa shape index (κ2) is 11.4. The Bertz CT molecular complexity index is 1470. The van der Waals surface area contributed by atoms with Crippen LogP contribution in [0.3, 0.4) is 0 Å². The number of aromatic nitrogens is 3. The Labute approximate surface area is 237 Å². The molecule has 1 aliphatic heterocycles. The number of carbonyl (C=O) groups excluding carboxylic acids is 1. The highest BCUT2D eigenvalue weighted by molar-refractivity contribution is 7.94. The number of amides is 2. The zero-order valence-electron chi connectivity index (χ0n) is 22.8. The molecular formula is C27H34N6O5S2. The van der Waals surface area contributed by atoms with E-state index in [4.69, 9.17) is 19.8 Å². The molecule has 2 fully saturated rings. The first-order valence-electron chi connectivity index (χ1n) is 13.3. The van der Waals surface area contributed by atoms with Crippen LogP contribution >= 0.6 is 11.3 Å². The Morgan fingerprint density at radius 1 is 1.25 bits per heavy atom. The molecule has 40 heavy (non-hydrogen) atoms. The number of thiazole rings is 1. The summed E-state index contributed by atoms with van der Waals surface area (Å²) in [5.41, 5.74) is 2.40. The van der Waals surface area contributed by atoms with E-state index in [0.717, 1.165) is 17.8 Å². The van der Waals surface area contributed by atoms with Crippen LogP contribution in [0.15, 0.2) is 40.1 Å². The SMILES string of the molecule is Cc1csc(S(=O)(=O)C2(c3cc(N4CCOC[C@@H]4C)nc(-c4ccc(NC(=O)N[C@H](C)CO)cc4)n3)CCC2)n1. The molecule has 2 aliphatic rings. The Balaban J connectivity index is 1.54. The van der Waals surface area contributed by atoms with Crippen LogP contribution in [0.4, 0.5) is 16.3 Å². The average Bonchev–Trinajstić information content (AvgIpc) is 3.35. The molecule has 1 aromatic carbocycles. The summed E-state index contributed by atoms with van der Waals surface area (Å²) in [4.78, 5) is 28.3. The van der Waals surface area contributed by atoms with Crippen LogP contribution < -0.4 is 15.5 Å². The van der Waals surface area contributed by atoms with Crippen LogP contribution in [0.25, 0.3) is 11.4 Å². The molecular weight excluding hydrogens is 552 g/mol. The standard InChI is InChI=1S/C27H34N6O5S2/c1-17(14-34)28-25(35)30-21-7-5-20(6-8-21)24-31-22(13-23(32-24)33-11-12-38-15-19(33)3)27(9-4-10-27)40(36,37)26-29-18(2)16-39-26/h5-8,13,16-17,19,34H,4,9-12,14-15H2,1-3H3,(H2,28,30,35)/t17-,19+/m1/s1. The van der Waals surface area contributed by atoms with Crippen molar-refractivity contribution in [3.63, 3.8) is 0 Å². The van der Waals surface area contributed by atoms with E-state index in [9.17, 15) is 13.2 Å². The predicted octanol–water partition coefficient (Wildman–Crippen LogP) is 3.49. The first-order chi connectivity index (χ1) is 19.1. The monoisotopic (exact) mass is 586 g/mol. The summed E-state index contributed by atoms with van der Waals surface area (Å²) < 4.78 is 32.6. The van der Waals surface area contributed by atoms with Gasteiger partial charge in [-0.25, -0.2) is 28.2 Å². The summed E-state index contributed by atoms with van der Waals surface area (Å²) in [6.07, 6.45) is 1.71. The minimum Gasteiger partial charge on any atom is -0.394 e. The van der Waals surface area contributed by atoms with Crippen molar-refractivity contribution >= 4 is 38.7 Å². The van der Waals surface area contributed by atoms with Crippen molar-refractivity contribution in [2.45, 2.75) is 61.2 Å². The lowest BCUT2D eigenvalue weighted by atomic mass is 9.81. The highest BCUT2D eigenvalue weighted by atomic mass is 32.2. The van der Waals surface area contributed by atoms with E-state index in [1.165, 1.54) is 0 Å². The molecule has 1 aliphatic carbocycles. The maximum atomic E-state index is 14.0. The first-order valence-corrected chi connectivity index (χ1v) is 15.7. The minimum atomic E-state index is -3.79. The first kappa shape index (κ1) is 28.4. The minimum absolute atomic E-state index is 0.0614. The summed E-state index contributed by atoms with van der Waals surface area (Å²) in [5, 5.41) is 16.3. The van der Waals surface area contributed by atoms with Crippen LogP contribution in [-0.2, 0) is 19.3 Å². The number of morpholine rings is 1. The fourth-order valence-electron chi connectivity index (χ4n) is 4.93. The van der Waals surface area contributed by atoms with Crippen molar-refractivity contribution in [2.24, 2.45) is 0 Å². The fourth-order valence-corrected chi connectivity index (χ4v) is 8.39. The normalized spacial score (nSPS) is 19.5. The highest BCUT2D eigenvalue weighted by Gasteiger charge is 2.54. The molecule has 0 unspecified atom stereocenters. The lowest BCUT2D eigenvalue weighted by molar-refractivity contribution is 0.0985. The predicted molar refractivity (Wildman–Crippen MR) is 153 cm³/mol. The van der Waals surface area contributed by atoms with Crippen molar-refractivity contribution in [2.75, 3.05) is 36.6 Å². The number of hydrogen-bond donors (Lipinski definition) is 3. The molecule has 13 heteroatoms. The van der Waals surface area contributed by atoms with E-state index in [-0.39, 0.29) is 23.0 Å². The smallest absolute Gasteiger partial charge is 0.319 e. The molecule has 214 valence electrons. The Kier molecular flexibility index (Phi) is 8.09. The number of hydrogen-bond acceptors (Lipinski definition) is 10. The van der Waals surface area contributed by atoms with Crippen LogP contribution in [-0.4, -0.2) is 73.0 Å². The van der Waals surface area contributed by atoms with Crippen molar-refractivity contribution < 1.29 is 23.1 Å². The third-order valence-electron chi connectivity index (χ3n) is 7.40. The molecule has 0 radical (unpaired) electrons. The third kappa shape index (κ3) is 5.42. The molecule has 3 aromatic rings. The molecule has 1 saturated heterocycles.